The number of methoxy groups -OCH3 is 1. The van der Waals surface area contributed by atoms with Crippen LogP contribution in [0.25, 0.3) is 0 Å². The normalized spacial score (nSPS) is 24.3. The Balaban J connectivity index is 2.75. The average Bonchev–Trinajstić information content (AvgIpc) is 2.75. The highest BCUT2D eigenvalue weighted by Gasteiger charge is 2.43. The molecule has 100 valence electrons. The molecule has 0 bridgehead atoms. The summed E-state index contributed by atoms with van der Waals surface area (Å²) in [5.74, 6) is 0.758. The van der Waals surface area contributed by atoms with Gasteiger partial charge in [-0.1, -0.05) is 13.8 Å². The van der Waals surface area contributed by atoms with Gasteiger partial charge in [0.2, 0.25) is 5.91 Å². The number of hydrogen-bond donors (Lipinski definition) is 1. The van der Waals surface area contributed by atoms with Crippen molar-refractivity contribution in [2.24, 2.45) is 11.3 Å². The van der Waals surface area contributed by atoms with Crippen LogP contribution in [0.2, 0.25) is 0 Å². The lowest BCUT2D eigenvalue weighted by Crippen LogP contribution is -2.48. The summed E-state index contributed by atoms with van der Waals surface area (Å²) in [6, 6.07) is 0. The van der Waals surface area contributed by atoms with Gasteiger partial charge in [-0.2, -0.15) is 0 Å². The van der Waals surface area contributed by atoms with Gasteiger partial charge < -0.3 is 15.0 Å². The summed E-state index contributed by atoms with van der Waals surface area (Å²) in [7, 11) is 1.67. The van der Waals surface area contributed by atoms with Crippen molar-refractivity contribution >= 4 is 5.91 Å². The molecule has 0 radical (unpaired) electrons. The van der Waals surface area contributed by atoms with Crippen LogP contribution in [0, 0.1) is 11.3 Å². The maximum atomic E-state index is 12.6. The van der Waals surface area contributed by atoms with Crippen molar-refractivity contribution in [1.29, 1.82) is 0 Å². The molecule has 1 heterocycles. The predicted octanol–water partition coefficient (Wildman–Crippen LogP) is 1.12. The van der Waals surface area contributed by atoms with E-state index in [-0.39, 0.29) is 11.3 Å². The highest BCUT2D eigenvalue weighted by Crippen LogP contribution is 2.28. The molecule has 1 unspecified atom stereocenters. The summed E-state index contributed by atoms with van der Waals surface area (Å²) in [5.41, 5.74) is -0.334. The number of carbonyl (C=O) groups is 1. The van der Waals surface area contributed by atoms with Gasteiger partial charge in [-0.15, -0.1) is 0 Å². The molecule has 1 atom stereocenters. The van der Waals surface area contributed by atoms with Gasteiger partial charge in [0.1, 0.15) is 0 Å². The second-order valence-electron chi connectivity index (χ2n) is 5.38. The predicted molar refractivity (Wildman–Crippen MR) is 68.9 cm³/mol. The van der Waals surface area contributed by atoms with E-state index in [1.807, 2.05) is 11.8 Å². The zero-order valence-corrected chi connectivity index (χ0v) is 11.6. The summed E-state index contributed by atoms with van der Waals surface area (Å²) in [6.07, 6.45) is 0.883. The van der Waals surface area contributed by atoms with Gasteiger partial charge in [-0.3, -0.25) is 4.79 Å². The van der Waals surface area contributed by atoms with Crippen molar-refractivity contribution in [3.05, 3.63) is 0 Å². The van der Waals surface area contributed by atoms with Gasteiger partial charge in [-0.05, 0) is 25.8 Å². The summed E-state index contributed by atoms with van der Waals surface area (Å²) in [4.78, 5) is 14.6. The SMILES string of the molecule is CCN(CC(C)C)C(=O)C1(COC)CCNC1. The van der Waals surface area contributed by atoms with Crippen molar-refractivity contribution < 1.29 is 9.53 Å². The first-order valence-electron chi connectivity index (χ1n) is 6.54. The largest absolute Gasteiger partial charge is 0.384 e. The molecule has 1 aliphatic heterocycles. The monoisotopic (exact) mass is 242 g/mol. The van der Waals surface area contributed by atoms with Crippen molar-refractivity contribution in [3.8, 4) is 0 Å². The number of hydrogen-bond acceptors (Lipinski definition) is 3. The molecule has 17 heavy (non-hydrogen) atoms. The molecule has 4 heteroatoms. The van der Waals surface area contributed by atoms with Crippen LogP contribution in [0.3, 0.4) is 0 Å². The van der Waals surface area contributed by atoms with Crippen LogP contribution >= 0.6 is 0 Å². The zero-order chi connectivity index (χ0) is 12.9. The van der Waals surface area contributed by atoms with Crippen molar-refractivity contribution in [3.63, 3.8) is 0 Å². The molecule has 1 saturated heterocycles. The topological polar surface area (TPSA) is 41.6 Å². The van der Waals surface area contributed by atoms with Gasteiger partial charge >= 0.3 is 0 Å². The van der Waals surface area contributed by atoms with Crippen molar-refractivity contribution in [2.45, 2.75) is 27.2 Å². The average molecular weight is 242 g/mol. The summed E-state index contributed by atoms with van der Waals surface area (Å²) in [5, 5.41) is 3.28. The van der Waals surface area contributed by atoms with Crippen LogP contribution in [0.4, 0.5) is 0 Å². The molecular weight excluding hydrogens is 216 g/mol. The Hall–Kier alpha value is -0.610. The number of nitrogens with zero attached hydrogens (tertiary/aromatic N) is 1. The third kappa shape index (κ3) is 3.42. The molecule has 0 saturated carbocycles. The van der Waals surface area contributed by atoms with E-state index in [0.29, 0.717) is 12.5 Å². The van der Waals surface area contributed by atoms with Crippen molar-refractivity contribution in [2.75, 3.05) is 39.9 Å². The van der Waals surface area contributed by atoms with Crippen LogP contribution in [0.5, 0.6) is 0 Å². The Morgan fingerprint density at radius 3 is 2.65 bits per heavy atom. The first kappa shape index (κ1) is 14.5. The van der Waals surface area contributed by atoms with E-state index >= 15 is 0 Å². The summed E-state index contributed by atoms with van der Waals surface area (Å²) < 4.78 is 5.26. The van der Waals surface area contributed by atoms with Crippen LogP contribution in [0.1, 0.15) is 27.2 Å². The number of ether oxygens (including phenoxy) is 1. The first-order valence-corrected chi connectivity index (χ1v) is 6.54. The third-order valence-electron chi connectivity index (χ3n) is 3.37. The lowest BCUT2D eigenvalue weighted by molar-refractivity contribution is -0.144. The molecule has 4 nitrogen and oxygen atoms in total. The number of rotatable bonds is 6. The Kier molecular flexibility index (Phi) is 5.40. The maximum Gasteiger partial charge on any atom is 0.232 e. The molecule has 1 N–H and O–H groups in total. The van der Waals surface area contributed by atoms with Gasteiger partial charge in [0.05, 0.1) is 12.0 Å². The number of amides is 1. The molecule has 0 aliphatic carbocycles. The third-order valence-corrected chi connectivity index (χ3v) is 3.37. The Morgan fingerprint density at radius 2 is 2.24 bits per heavy atom. The second-order valence-corrected chi connectivity index (χ2v) is 5.38. The van der Waals surface area contributed by atoms with Gasteiger partial charge in [0.15, 0.2) is 0 Å². The maximum absolute atomic E-state index is 12.6. The van der Waals surface area contributed by atoms with Crippen LogP contribution in [-0.2, 0) is 9.53 Å². The summed E-state index contributed by atoms with van der Waals surface area (Å²) >= 11 is 0. The van der Waals surface area contributed by atoms with E-state index in [1.54, 1.807) is 7.11 Å². The van der Waals surface area contributed by atoms with E-state index in [0.717, 1.165) is 32.6 Å². The molecule has 1 fully saturated rings. The molecular formula is C13H26N2O2. The lowest BCUT2D eigenvalue weighted by atomic mass is 9.86. The molecule has 0 spiro atoms. The molecule has 0 aromatic heterocycles. The minimum Gasteiger partial charge on any atom is -0.384 e. The molecule has 1 rings (SSSR count). The van der Waals surface area contributed by atoms with Gasteiger partial charge in [0, 0.05) is 26.7 Å². The Labute approximate surface area is 105 Å². The molecule has 0 aromatic rings. The highest BCUT2D eigenvalue weighted by atomic mass is 16.5. The zero-order valence-electron chi connectivity index (χ0n) is 11.6. The fraction of sp³-hybridized carbons (Fsp3) is 0.923. The smallest absolute Gasteiger partial charge is 0.232 e. The Morgan fingerprint density at radius 1 is 1.53 bits per heavy atom. The molecule has 0 aromatic carbocycles. The Bertz CT molecular complexity index is 248. The van der Waals surface area contributed by atoms with E-state index in [9.17, 15) is 4.79 Å². The minimum atomic E-state index is -0.334. The molecule has 1 aliphatic rings. The van der Waals surface area contributed by atoms with Gasteiger partial charge in [-0.25, -0.2) is 0 Å². The van der Waals surface area contributed by atoms with Crippen LogP contribution < -0.4 is 5.32 Å². The van der Waals surface area contributed by atoms with E-state index < -0.39 is 0 Å². The minimum absolute atomic E-state index is 0.251. The number of carbonyl (C=O) groups excluding carboxylic acids is 1. The van der Waals surface area contributed by atoms with Crippen LogP contribution in [-0.4, -0.2) is 50.7 Å². The lowest BCUT2D eigenvalue weighted by Gasteiger charge is -2.33. The van der Waals surface area contributed by atoms with Gasteiger partial charge in [0.25, 0.3) is 0 Å². The fourth-order valence-corrected chi connectivity index (χ4v) is 2.52. The molecule has 1 amide bonds. The highest BCUT2D eigenvalue weighted by molar-refractivity contribution is 5.83. The summed E-state index contributed by atoms with van der Waals surface area (Å²) in [6.45, 7) is 10.1. The van der Waals surface area contributed by atoms with E-state index in [4.69, 9.17) is 4.74 Å². The quantitative estimate of drug-likeness (QED) is 0.759. The first-order chi connectivity index (χ1) is 8.05. The standard InChI is InChI=1S/C13H26N2O2/c1-5-15(8-11(2)3)12(16)13(10-17-4)6-7-14-9-13/h11,14H,5-10H2,1-4H3. The van der Waals surface area contributed by atoms with Crippen molar-refractivity contribution in [1.82, 2.24) is 10.2 Å². The second kappa shape index (κ2) is 6.36. The van der Waals surface area contributed by atoms with E-state index in [1.165, 1.54) is 0 Å². The van der Waals surface area contributed by atoms with E-state index in [2.05, 4.69) is 19.2 Å². The van der Waals surface area contributed by atoms with Crippen LogP contribution in [0.15, 0.2) is 0 Å². The number of nitrogens with one attached hydrogen (secondary N) is 1. The fourth-order valence-electron chi connectivity index (χ4n) is 2.52.